The van der Waals surface area contributed by atoms with Gasteiger partial charge in [0.25, 0.3) is 0 Å². The van der Waals surface area contributed by atoms with E-state index in [0.717, 1.165) is 4.31 Å². The van der Waals surface area contributed by atoms with E-state index in [2.05, 4.69) is 10.6 Å². The van der Waals surface area contributed by atoms with Crippen molar-refractivity contribution in [1.82, 2.24) is 14.9 Å². The highest BCUT2D eigenvalue weighted by atomic mass is 32.2. The number of amides is 2. The Bertz CT molecular complexity index is 407. The van der Waals surface area contributed by atoms with Crippen molar-refractivity contribution in [2.45, 2.75) is 25.8 Å². The molecule has 112 valence electrons. The van der Waals surface area contributed by atoms with Crippen molar-refractivity contribution in [3.05, 3.63) is 0 Å². The number of hydrogen-bond acceptors (Lipinski definition) is 4. The summed E-state index contributed by atoms with van der Waals surface area (Å²) in [6.45, 7) is 1.72. The third-order valence-corrected chi connectivity index (χ3v) is 4.28. The molecule has 19 heavy (non-hydrogen) atoms. The molecule has 0 aliphatic rings. The van der Waals surface area contributed by atoms with Crippen LogP contribution in [-0.4, -0.2) is 62.3 Å². The van der Waals surface area contributed by atoms with Crippen LogP contribution in [0, 0.1) is 0 Å². The first-order valence-corrected chi connectivity index (χ1v) is 7.46. The smallest absolute Gasteiger partial charge is 0.315 e. The number of aliphatic carboxylic acids is 1. The first-order chi connectivity index (χ1) is 8.69. The van der Waals surface area contributed by atoms with Crippen molar-refractivity contribution < 1.29 is 23.1 Å². The lowest BCUT2D eigenvalue weighted by Crippen LogP contribution is -2.44. The second kappa shape index (κ2) is 7.95. The summed E-state index contributed by atoms with van der Waals surface area (Å²) in [5.41, 5.74) is 0. The van der Waals surface area contributed by atoms with Gasteiger partial charge in [-0.2, -0.15) is 0 Å². The van der Waals surface area contributed by atoms with Crippen LogP contribution in [0.3, 0.4) is 0 Å². The minimum Gasteiger partial charge on any atom is -0.481 e. The van der Waals surface area contributed by atoms with Crippen LogP contribution in [0.4, 0.5) is 4.79 Å². The maximum Gasteiger partial charge on any atom is 0.315 e. The fourth-order valence-corrected chi connectivity index (χ4v) is 1.95. The Kier molecular flexibility index (Phi) is 7.38. The molecule has 9 heteroatoms. The van der Waals surface area contributed by atoms with Gasteiger partial charge in [0.15, 0.2) is 0 Å². The average Bonchev–Trinajstić information content (AvgIpc) is 2.26. The van der Waals surface area contributed by atoms with E-state index in [4.69, 9.17) is 5.11 Å². The highest BCUT2D eigenvalue weighted by Crippen LogP contribution is 1.97. The Morgan fingerprint density at radius 1 is 1.32 bits per heavy atom. The van der Waals surface area contributed by atoms with Crippen LogP contribution < -0.4 is 10.6 Å². The number of carbonyl (C=O) groups is 2. The van der Waals surface area contributed by atoms with E-state index < -0.39 is 28.1 Å². The molecular weight excluding hydrogens is 274 g/mol. The number of carboxylic acid groups (broad SMARTS) is 1. The molecule has 8 nitrogen and oxygen atoms in total. The summed E-state index contributed by atoms with van der Waals surface area (Å²) in [4.78, 5) is 21.9. The number of rotatable bonds is 8. The van der Waals surface area contributed by atoms with Gasteiger partial charge in [0.2, 0.25) is 10.0 Å². The number of hydrogen-bond donors (Lipinski definition) is 3. The van der Waals surface area contributed by atoms with Gasteiger partial charge in [-0.1, -0.05) is 6.92 Å². The fraction of sp³-hybridized carbons (Fsp3) is 0.800. The lowest BCUT2D eigenvalue weighted by molar-refractivity contribution is -0.137. The maximum atomic E-state index is 11.4. The molecule has 0 radical (unpaired) electrons. The van der Waals surface area contributed by atoms with Crippen LogP contribution in [0.2, 0.25) is 0 Å². The SMILES string of the molecule is CCC(CC(=O)O)NC(=O)NCCS(=O)(=O)N(C)C. The number of nitrogens with one attached hydrogen (secondary N) is 2. The Labute approximate surface area is 113 Å². The van der Waals surface area contributed by atoms with E-state index in [9.17, 15) is 18.0 Å². The number of urea groups is 1. The molecule has 0 rings (SSSR count). The van der Waals surface area contributed by atoms with Crippen molar-refractivity contribution in [3.63, 3.8) is 0 Å². The monoisotopic (exact) mass is 295 g/mol. The Hall–Kier alpha value is -1.35. The average molecular weight is 295 g/mol. The van der Waals surface area contributed by atoms with E-state index in [1.165, 1.54) is 14.1 Å². The minimum absolute atomic E-state index is 0.0319. The first-order valence-electron chi connectivity index (χ1n) is 5.85. The van der Waals surface area contributed by atoms with E-state index in [1.54, 1.807) is 6.92 Å². The van der Waals surface area contributed by atoms with Gasteiger partial charge in [0, 0.05) is 26.7 Å². The molecule has 0 aliphatic heterocycles. The molecule has 0 bridgehead atoms. The lowest BCUT2D eigenvalue weighted by atomic mass is 10.1. The standard InChI is InChI=1S/C10H21N3O5S/c1-4-8(7-9(14)15)12-10(16)11-5-6-19(17,18)13(2)3/h8H,4-7H2,1-3H3,(H,14,15)(H2,11,12,16). The highest BCUT2D eigenvalue weighted by molar-refractivity contribution is 7.89. The van der Waals surface area contributed by atoms with E-state index in [1.807, 2.05) is 0 Å². The van der Waals surface area contributed by atoms with Crippen molar-refractivity contribution >= 4 is 22.0 Å². The molecule has 0 aromatic heterocycles. The molecular formula is C10H21N3O5S. The van der Waals surface area contributed by atoms with Crippen LogP contribution in [0.5, 0.6) is 0 Å². The maximum absolute atomic E-state index is 11.4. The van der Waals surface area contributed by atoms with Crippen LogP contribution >= 0.6 is 0 Å². The van der Waals surface area contributed by atoms with Crippen molar-refractivity contribution in [1.29, 1.82) is 0 Å². The summed E-state index contributed by atoms with van der Waals surface area (Å²) >= 11 is 0. The number of nitrogens with zero attached hydrogens (tertiary/aromatic N) is 1. The van der Waals surface area contributed by atoms with E-state index in [-0.39, 0.29) is 18.7 Å². The second-order valence-electron chi connectivity index (χ2n) is 4.20. The van der Waals surface area contributed by atoms with E-state index in [0.29, 0.717) is 6.42 Å². The summed E-state index contributed by atoms with van der Waals surface area (Å²) in [5, 5.41) is 13.5. The molecule has 0 saturated carbocycles. The predicted octanol–water partition coefficient (Wildman–Crippen LogP) is -0.570. The first kappa shape index (κ1) is 17.6. The third kappa shape index (κ3) is 7.62. The largest absolute Gasteiger partial charge is 0.481 e. The molecule has 0 aliphatic carbocycles. The number of carbonyl (C=O) groups excluding carboxylic acids is 1. The van der Waals surface area contributed by atoms with Crippen LogP contribution in [-0.2, 0) is 14.8 Å². The summed E-state index contributed by atoms with van der Waals surface area (Å²) in [7, 11) is -0.526. The minimum atomic E-state index is -3.35. The molecule has 0 aromatic carbocycles. The van der Waals surface area contributed by atoms with Gasteiger partial charge < -0.3 is 15.7 Å². The normalized spacial score (nSPS) is 13.1. The van der Waals surface area contributed by atoms with Crippen LogP contribution in [0.1, 0.15) is 19.8 Å². The molecule has 3 N–H and O–H groups in total. The molecule has 0 saturated heterocycles. The second-order valence-corrected chi connectivity index (χ2v) is 6.50. The number of carboxylic acids is 1. The molecule has 0 fully saturated rings. The molecule has 2 amide bonds. The van der Waals surface area contributed by atoms with E-state index >= 15 is 0 Å². The van der Waals surface area contributed by atoms with Gasteiger partial charge in [-0.3, -0.25) is 4.79 Å². The van der Waals surface area contributed by atoms with Crippen molar-refractivity contribution in [2.75, 3.05) is 26.4 Å². The fourth-order valence-electron chi connectivity index (χ4n) is 1.22. The zero-order valence-corrected chi connectivity index (χ0v) is 12.2. The van der Waals surface area contributed by atoms with Crippen molar-refractivity contribution in [3.8, 4) is 0 Å². The lowest BCUT2D eigenvalue weighted by Gasteiger charge is -2.16. The zero-order valence-electron chi connectivity index (χ0n) is 11.3. The number of sulfonamides is 1. The predicted molar refractivity (Wildman–Crippen MR) is 70.3 cm³/mol. The van der Waals surface area contributed by atoms with Gasteiger partial charge in [0.05, 0.1) is 12.2 Å². The van der Waals surface area contributed by atoms with Crippen LogP contribution in [0.15, 0.2) is 0 Å². The Balaban J connectivity index is 4.09. The summed E-state index contributed by atoms with van der Waals surface area (Å²) in [5.74, 6) is -1.20. The van der Waals surface area contributed by atoms with Gasteiger partial charge in [-0.25, -0.2) is 17.5 Å². The summed E-state index contributed by atoms with van der Waals surface area (Å²) in [6, 6.07) is -1.04. The highest BCUT2D eigenvalue weighted by Gasteiger charge is 2.16. The zero-order chi connectivity index (χ0) is 15.1. The topological polar surface area (TPSA) is 116 Å². The van der Waals surface area contributed by atoms with Gasteiger partial charge >= 0.3 is 12.0 Å². The van der Waals surface area contributed by atoms with Gasteiger partial charge in [0.1, 0.15) is 0 Å². The summed E-state index contributed by atoms with van der Waals surface area (Å²) in [6.07, 6.45) is 0.315. The quantitative estimate of drug-likeness (QED) is 0.554. The molecule has 1 atom stereocenters. The molecule has 1 unspecified atom stereocenters. The van der Waals surface area contributed by atoms with Gasteiger partial charge in [-0.15, -0.1) is 0 Å². The Morgan fingerprint density at radius 2 is 1.89 bits per heavy atom. The molecule has 0 heterocycles. The third-order valence-electron chi connectivity index (χ3n) is 2.45. The Morgan fingerprint density at radius 3 is 2.32 bits per heavy atom. The summed E-state index contributed by atoms with van der Waals surface area (Å²) < 4.78 is 23.9. The molecule has 0 aromatic rings. The van der Waals surface area contributed by atoms with Crippen molar-refractivity contribution in [2.24, 2.45) is 0 Å². The van der Waals surface area contributed by atoms with Gasteiger partial charge in [-0.05, 0) is 6.42 Å². The molecule has 0 spiro atoms. The van der Waals surface area contributed by atoms with Crippen LogP contribution in [0.25, 0.3) is 0 Å².